The summed E-state index contributed by atoms with van der Waals surface area (Å²) in [5, 5.41) is 0. The van der Waals surface area contributed by atoms with Crippen molar-refractivity contribution in [2.45, 2.75) is 13.8 Å². The number of anilines is 1. The van der Waals surface area contributed by atoms with E-state index < -0.39 is 0 Å². The Morgan fingerprint density at radius 3 is 2.47 bits per heavy atom. The predicted octanol–water partition coefficient (Wildman–Crippen LogP) is 3.99. The van der Waals surface area contributed by atoms with Crippen LogP contribution in [0.2, 0.25) is 0 Å². The average molecular weight is 316 g/mol. The van der Waals surface area contributed by atoms with E-state index in [1.807, 2.05) is 10.6 Å². The number of nitrogens with zero attached hydrogens (tertiary/aromatic N) is 2. The first-order valence-electron chi connectivity index (χ1n) is 6.07. The van der Waals surface area contributed by atoms with Crippen LogP contribution in [0.15, 0.2) is 40.9 Å². The van der Waals surface area contributed by atoms with Gasteiger partial charge in [0.25, 0.3) is 0 Å². The summed E-state index contributed by atoms with van der Waals surface area (Å²) in [6.07, 6.45) is 0. The van der Waals surface area contributed by atoms with Gasteiger partial charge in [-0.05, 0) is 65.2 Å². The number of aryl methyl sites for hydroxylation is 2. The Balaban J connectivity index is 2.33. The van der Waals surface area contributed by atoms with Gasteiger partial charge in [-0.15, -0.1) is 0 Å². The molecule has 2 N–H and O–H groups in total. The first-order valence-corrected chi connectivity index (χ1v) is 6.86. The Labute approximate surface area is 120 Å². The Kier molecular flexibility index (Phi) is 2.82. The zero-order valence-corrected chi connectivity index (χ0v) is 12.4. The van der Waals surface area contributed by atoms with Crippen LogP contribution >= 0.6 is 15.9 Å². The van der Waals surface area contributed by atoms with Crippen molar-refractivity contribution >= 4 is 32.9 Å². The molecule has 0 atom stereocenters. The lowest BCUT2D eigenvalue weighted by Crippen LogP contribution is -2.01. The maximum absolute atomic E-state index is 6.07. The predicted molar refractivity (Wildman–Crippen MR) is 82.7 cm³/mol. The monoisotopic (exact) mass is 315 g/mol. The van der Waals surface area contributed by atoms with Gasteiger partial charge < -0.3 is 5.73 Å². The minimum absolute atomic E-state index is 0.505. The third kappa shape index (κ3) is 2.02. The lowest BCUT2D eigenvalue weighted by Gasteiger charge is -2.09. The molecular formula is C15H14BrN3. The fourth-order valence-electron chi connectivity index (χ4n) is 2.26. The van der Waals surface area contributed by atoms with Crippen LogP contribution in [0, 0.1) is 13.8 Å². The highest BCUT2D eigenvalue weighted by Gasteiger charge is 2.12. The standard InChI is InChI=1S/C15H14BrN3/c1-9-3-5-13(11(16)7-9)19-14-6-4-10(2)8-12(14)18-15(19)17/h3-8H,1-2H3,(H2,17,18). The number of hydrogen-bond acceptors (Lipinski definition) is 2. The Bertz CT molecular complexity index is 774. The zero-order chi connectivity index (χ0) is 13.6. The highest BCUT2D eigenvalue weighted by atomic mass is 79.9. The summed E-state index contributed by atoms with van der Waals surface area (Å²) in [4.78, 5) is 4.43. The number of imidazole rings is 1. The van der Waals surface area contributed by atoms with Crippen LogP contribution in [0.25, 0.3) is 16.7 Å². The van der Waals surface area contributed by atoms with Gasteiger partial charge in [-0.2, -0.15) is 0 Å². The molecule has 0 aliphatic carbocycles. The topological polar surface area (TPSA) is 43.8 Å². The maximum Gasteiger partial charge on any atom is 0.205 e. The second-order valence-electron chi connectivity index (χ2n) is 4.75. The molecular weight excluding hydrogens is 302 g/mol. The van der Waals surface area contributed by atoms with Gasteiger partial charge in [-0.3, -0.25) is 4.57 Å². The first kappa shape index (κ1) is 12.2. The van der Waals surface area contributed by atoms with Gasteiger partial charge in [0, 0.05) is 4.47 Å². The molecule has 0 unspecified atom stereocenters. The van der Waals surface area contributed by atoms with Crippen LogP contribution < -0.4 is 5.73 Å². The number of fused-ring (bicyclic) bond motifs is 1. The molecule has 0 fully saturated rings. The third-order valence-corrected chi connectivity index (χ3v) is 3.82. The van der Waals surface area contributed by atoms with Gasteiger partial charge in [-0.25, -0.2) is 4.98 Å². The van der Waals surface area contributed by atoms with E-state index in [4.69, 9.17) is 5.73 Å². The highest BCUT2D eigenvalue weighted by Crippen LogP contribution is 2.29. The van der Waals surface area contributed by atoms with Crippen LogP contribution in [0.3, 0.4) is 0 Å². The summed E-state index contributed by atoms with van der Waals surface area (Å²) in [5.41, 5.74) is 11.4. The summed E-state index contributed by atoms with van der Waals surface area (Å²) in [6, 6.07) is 12.4. The van der Waals surface area contributed by atoms with Crippen molar-refractivity contribution in [3.8, 4) is 5.69 Å². The number of halogens is 1. The average Bonchev–Trinajstić information content (AvgIpc) is 2.65. The van der Waals surface area contributed by atoms with E-state index in [0.717, 1.165) is 21.2 Å². The molecule has 3 aromatic rings. The van der Waals surface area contributed by atoms with Crippen molar-refractivity contribution in [3.63, 3.8) is 0 Å². The summed E-state index contributed by atoms with van der Waals surface area (Å²) in [7, 11) is 0. The van der Waals surface area contributed by atoms with E-state index in [1.165, 1.54) is 11.1 Å². The molecule has 0 radical (unpaired) electrons. The molecule has 4 heteroatoms. The summed E-state index contributed by atoms with van der Waals surface area (Å²) >= 11 is 3.60. The van der Waals surface area contributed by atoms with Crippen molar-refractivity contribution in [1.82, 2.24) is 9.55 Å². The molecule has 3 rings (SSSR count). The number of aromatic nitrogens is 2. The van der Waals surface area contributed by atoms with E-state index in [9.17, 15) is 0 Å². The van der Waals surface area contributed by atoms with Gasteiger partial charge in [0.1, 0.15) is 0 Å². The van der Waals surface area contributed by atoms with Crippen LogP contribution in [0.5, 0.6) is 0 Å². The SMILES string of the molecule is Cc1ccc(-n2c(N)nc3cc(C)ccc32)c(Br)c1. The van der Waals surface area contributed by atoms with Gasteiger partial charge in [0.2, 0.25) is 5.95 Å². The quantitative estimate of drug-likeness (QED) is 0.738. The van der Waals surface area contributed by atoms with E-state index in [1.54, 1.807) is 0 Å². The molecule has 0 saturated carbocycles. The Morgan fingerprint density at radius 2 is 1.74 bits per heavy atom. The summed E-state index contributed by atoms with van der Waals surface area (Å²) in [6.45, 7) is 4.11. The molecule has 19 heavy (non-hydrogen) atoms. The Hall–Kier alpha value is -1.81. The highest BCUT2D eigenvalue weighted by molar-refractivity contribution is 9.10. The second kappa shape index (κ2) is 4.38. The molecule has 2 aromatic carbocycles. The van der Waals surface area contributed by atoms with Crippen LogP contribution in [0.4, 0.5) is 5.95 Å². The van der Waals surface area contributed by atoms with Gasteiger partial charge in [0.05, 0.1) is 16.7 Å². The minimum atomic E-state index is 0.505. The molecule has 3 nitrogen and oxygen atoms in total. The number of rotatable bonds is 1. The smallest absolute Gasteiger partial charge is 0.205 e. The normalized spacial score (nSPS) is 11.1. The van der Waals surface area contributed by atoms with Crippen molar-refractivity contribution in [1.29, 1.82) is 0 Å². The first-order chi connectivity index (χ1) is 9.06. The largest absolute Gasteiger partial charge is 0.369 e. The molecule has 1 heterocycles. The molecule has 0 saturated heterocycles. The molecule has 96 valence electrons. The molecule has 0 amide bonds. The minimum Gasteiger partial charge on any atom is -0.369 e. The zero-order valence-electron chi connectivity index (χ0n) is 10.8. The maximum atomic E-state index is 6.07. The van der Waals surface area contributed by atoms with Crippen molar-refractivity contribution in [2.24, 2.45) is 0 Å². The van der Waals surface area contributed by atoms with Crippen molar-refractivity contribution in [2.75, 3.05) is 5.73 Å². The van der Waals surface area contributed by atoms with Crippen LogP contribution in [-0.4, -0.2) is 9.55 Å². The number of hydrogen-bond donors (Lipinski definition) is 1. The molecule has 0 aliphatic heterocycles. The Morgan fingerprint density at radius 1 is 1.05 bits per heavy atom. The lowest BCUT2D eigenvalue weighted by molar-refractivity contribution is 1.10. The third-order valence-electron chi connectivity index (χ3n) is 3.18. The molecule has 0 bridgehead atoms. The number of benzene rings is 2. The molecule has 0 spiro atoms. The second-order valence-corrected chi connectivity index (χ2v) is 5.61. The van der Waals surface area contributed by atoms with E-state index >= 15 is 0 Å². The van der Waals surface area contributed by atoms with E-state index in [2.05, 4.69) is 65.1 Å². The van der Waals surface area contributed by atoms with E-state index in [0.29, 0.717) is 5.95 Å². The molecule has 1 aromatic heterocycles. The van der Waals surface area contributed by atoms with Crippen molar-refractivity contribution in [3.05, 3.63) is 52.0 Å². The van der Waals surface area contributed by atoms with Crippen molar-refractivity contribution < 1.29 is 0 Å². The number of nitrogens with two attached hydrogens (primary N) is 1. The summed E-state index contributed by atoms with van der Waals surface area (Å²) in [5.74, 6) is 0.505. The fourth-order valence-corrected chi connectivity index (χ4v) is 2.93. The van der Waals surface area contributed by atoms with Gasteiger partial charge in [-0.1, -0.05) is 12.1 Å². The van der Waals surface area contributed by atoms with Crippen LogP contribution in [-0.2, 0) is 0 Å². The summed E-state index contributed by atoms with van der Waals surface area (Å²) < 4.78 is 2.98. The fraction of sp³-hybridized carbons (Fsp3) is 0.133. The van der Waals surface area contributed by atoms with E-state index in [-0.39, 0.29) is 0 Å². The van der Waals surface area contributed by atoms with Gasteiger partial charge >= 0.3 is 0 Å². The lowest BCUT2D eigenvalue weighted by atomic mass is 10.2. The van der Waals surface area contributed by atoms with Crippen LogP contribution in [0.1, 0.15) is 11.1 Å². The van der Waals surface area contributed by atoms with Gasteiger partial charge in [0.15, 0.2) is 0 Å². The molecule has 0 aliphatic rings. The number of nitrogen functional groups attached to an aromatic ring is 1.